The number of hydrogen-bond donors (Lipinski definition) is 0. The van der Waals surface area contributed by atoms with Gasteiger partial charge in [0.1, 0.15) is 0 Å². The molecule has 0 spiro atoms. The molecule has 6 nitrogen and oxygen atoms in total. The highest BCUT2D eigenvalue weighted by molar-refractivity contribution is 5.79. The lowest BCUT2D eigenvalue weighted by Crippen LogP contribution is -2.38. The minimum atomic E-state index is -0.0605. The third-order valence-corrected chi connectivity index (χ3v) is 6.18. The summed E-state index contributed by atoms with van der Waals surface area (Å²) in [6.07, 6.45) is 7.12. The highest BCUT2D eigenvalue weighted by Gasteiger charge is 2.36. The predicted molar refractivity (Wildman–Crippen MR) is 115 cm³/mol. The van der Waals surface area contributed by atoms with E-state index in [1.54, 1.807) is 0 Å². The molecule has 6 heteroatoms. The van der Waals surface area contributed by atoms with Crippen LogP contribution in [0.25, 0.3) is 0 Å². The molecule has 4 rings (SSSR count). The summed E-state index contributed by atoms with van der Waals surface area (Å²) < 4.78 is 8.14. The van der Waals surface area contributed by atoms with Crippen LogP contribution < -0.4 is 0 Å². The summed E-state index contributed by atoms with van der Waals surface area (Å²) in [4.78, 5) is 14.7. The van der Waals surface area contributed by atoms with E-state index in [2.05, 4.69) is 29.1 Å². The van der Waals surface area contributed by atoms with Gasteiger partial charge in [-0.3, -0.25) is 4.79 Å². The van der Waals surface area contributed by atoms with Crippen LogP contribution in [0.3, 0.4) is 0 Å². The summed E-state index contributed by atoms with van der Waals surface area (Å²) in [6.45, 7) is 5.95. The van der Waals surface area contributed by atoms with Gasteiger partial charge in [0.15, 0.2) is 5.69 Å². The van der Waals surface area contributed by atoms with Crippen LogP contribution in [0.1, 0.15) is 63.3 Å². The van der Waals surface area contributed by atoms with E-state index in [0.717, 1.165) is 50.8 Å². The molecule has 4 atom stereocenters. The molecule has 0 bridgehead atoms. The molecule has 30 heavy (non-hydrogen) atoms. The number of ether oxygens (including phenoxy) is 1. The summed E-state index contributed by atoms with van der Waals surface area (Å²) in [6, 6.07) is 10.0. The van der Waals surface area contributed by atoms with Crippen molar-refractivity contribution in [1.82, 2.24) is 19.9 Å². The number of carbonyl (C=O) groups excluding carboxylic acids is 1. The number of benzene rings is 1. The zero-order valence-corrected chi connectivity index (χ0v) is 17.8. The maximum absolute atomic E-state index is 12.7. The molecule has 1 amide bonds. The molecular formula is C24H30N4O2. The maximum Gasteiger partial charge on any atom is 0.228 e. The summed E-state index contributed by atoms with van der Waals surface area (Å²) in [5, 5.41) is 8.44. The van der Waals surface area contributed by atoms with Crippen LogP contribution in [0.15, 0.2) is 36.5 Å². The first-order valence-corrected chi connectivity index (χ1v) is 11.0. The lowest BCUT2D eigenvalue weighted by atomic mass is 9.99. The van der Waals surface area contributed by atoms with E-state index in [1.807, 2.05) is 53.0 Å². The molecule has 0 aliphatic carbocycles. The fourth-order valence-electron chi connectivity index (χ4n) is 4.35. The molecule has 0 unspecified atom stereocenters. The third-order valence-electron chi connectivity index (χ3n) is 6.18. The summed E-state index contributed by atoms with van der Waals surface area (Å²) in [7, 11) is 0. The van der Waals surface area contributed by atoms with E-state index in [1.165, 1.54) is 0 Å². The molecule has 2 aliphatic rings. The Morgan fingerprint density at radius 3 is 2.70 bits per heavy atom. The van der Waals surface area contributed by atoms with Gasteiger partial charge in [-0.05, 0) is 57.1 Å². The number of aromatic nitrogens is 3. The van der Waals surface area contributed by atoms with Crippen LogP contribution in [-0.4, -0.2) is 51.1 Å². The number of amides is 1. The molecule has 0 saturated carbocycles. The topological polar surface area (TPSA) is 60.2 Å². The van der Waals surface area contributed by atoms with Crippen LogP contribution in [0.2, 0.25) is 0 Å². The number of rotatable bonds is 5. The number of likely N-dealkylation sites (tertiary alicyclic amines) is 1. The predicted octanol–water partition coefficient (Wildman–Crippen LogP) is 3.44. The first-order chi connectivity index (χ1) is 14.6. The molecule has 1 aromatic carbocycles. The van der Waals surface area contributed by atoms with Crippen molar-refractivity contribution in [3.63, 3.8) is 0 Å². The zero-order chi connectivity index (χ0) is 20.9. The van der Waals surface area contributed by atoms with Gasteiger partial charge in [0.2, 0.25) is 5.91 Å². The minimum absolute atomic E-state index is 0.0262. The van der Waals surface area contributed by atoms with Crippen molar-refractivity contribution in [2.75, 3.05) is 13.1 Å². The second kappa shape index (κ2) is 9.44. The highest BCUT2D eigenvalue weighted by atomic mass is 16.5. The van der Waals surface area contributed by atoms with Crippen molar-refractivity contribution >= 4 is 5.91 Å². The molecule has 1 aromatic heterocycles. The quantitative estimate of drug-likeness (QED) is 0.714. The molecule has 2 aliphatic heterocycles. The van der Waals surface area contributed by atoms with Gasteiger partial charge < -0.3 is 9.64 Å². The highest BCUT2D eigenvalue weighted by Crippen LogP contribution is 2.31. The van der Waals surface area contributed by atoms with Crippen molar-refractivity contribution in [3.8, 4) is 11.8 Å². The first-order valence-electron chi connectivity index (χ1n) is 11.0. The van der Waals surface area contributed by atoms with Crippen molar-refractivity contribution in [3.05, 3.63) is 47.8 Å². The van der Waals surface area contributed by atoms with E-state index in [4.69, 9.17) is 4.74 Å². The van der Waals surface area contributed by atoms with Crippen LogP contribution >= 0.6 is 0 Å². The number of nitrogens with zero attached hydrogens (tertiary/aromatic N) is 4. The Kier molecular flexibility index (Phi) is 6.49. The van der Waals surface area contributed by atoms with Crippen molar-refractivity contribution < 1.29 is 9.53 Å². The Morgan fingerprint density at radius 1 is 1.17 bits per heavy atom. The van der Waals surface area contributed by atoms with Crippen molar-refractivity contribution in [2.45, 2.75) is 64.2 Å². The fourth-order valence-corrected chi connectivity index (χ4v) is 4.35. The Hall–Kier alpha value is -2.65. The van der Waals surface area contributed by atoms with Gasteiger partial charge in [-0.1, -0.05) is 36.3 Å². The van der Waals surface area contributed by atoms with Gasteiger partial charge in [-0.25, -0.2) is 4.68 Å². The molecule has 3 heterocycles. The SMILES string of the molecule is C[C@H](C[C@@H]1CC[C@H]([C@@H](C)C(=O)N2CCCC2)O1)n1cc(C#Cc2ccccc2)nn1. The van der Waals surface area contributed by atoms with E-state index in [-0.39, 0.29) is 30.1 Å². The van der Waals surface area contributed by atoms with Gasteiger partial charge in [-0.2, -0.15) is 0 Å². The summed E-state index contributed by atoms with van der Waals surface area (Å²) in [5.74, 6) is 6.38. The maximum atomic E-state index is 12.7. The van der Waals surface area contributed by atoms with E-state index >= 15 is 0 Å². The average Bonchev–Trinajstić information content (AvgIpc) is 3.54. The average molecular weight is 407 g/mol. The zero-order valence-electron chi connectivity index (χ0n) is 17.8. The lowest BCUT2D eigenvalue weighted by molar-refractivity contribution is -0.138. The van der Waals surface area contributed by atoms with Crippen molar-refractivity contribution in [1.29, 1.82) is 0 Å². The van der Waals surface area contributed by atoms with Gasteiger partial charge in [0, 0.05) is 18.7 Å². The number of hydrogen-bond acceptors (Lipinski definition) is 4. The Bertz CT molecular complexity index is 908. The Morgan fingerprint density at radius 2 is 1.93 bits per heavy atom. The minimum Gasteiger partial charge on any atom is -0.374 e. The second-order valence-electron chi connectivity index (χ2n) is 8.48. The van der Waals surface area contributed by atoms with Gasteiger partial charge >= 0.3 is 0 Å². The molecule has 0 N–H and O–H groups in total. The third kappa shape index (κ3) is 4.91. The largest absolute Gasteiger partial charge is 0.374 e. The van der Waals surface area contributed by atoms with Crippen LogP contribution in [-0.2, 0) is 9.53 Å². The molecule has 0 radical (unpaired) electrons. The first kappa shape index (κ1) is 20.6. The van der Waals surface area contributed by atoms with Crippen LogP contribution in [0, 0.1) is 17.8 Å². The number of carbonyl (C=O) groups is 1. The van der Waals surface area contributed by atoms with Gasteiger partial charge in [0.05, 0.1) is 30.4 Å². The summed E-state index contributed by atoms with van der Waals surface area (Å²) >= 11 is 0. The smallest absolute Gasteiger partial charge is 0.228 e. The van der Waals surface area contributed by atoms with Gasteiger partial charge in [-0.15, -0.1) is 5.10 Å². The summed E-state index contributed by atoms with van der Waals surface area (Å²) in [5.41, 5.74) is 1.63. The van der Waals surface area contributed by atoms with Crippen LogP contribution in [0.5, 0.6) is 0 Å². The normalized spacial score (nSPS) is 23.1. The molecular weight excluding hydrogens is 376 g/mol. The standard InChI is InChI=1S/C24H30N4O2/c1-18(28-17-21(25-26-28)11-10-20-8-4-3-5-9-20)16-22-12-13-23(30-22)19(2)24(29)27-14-6-7-15-27/h3-5,8-9,17-19,22-23H,6-7,12-16H2,1-2H3/t18-,19-,22+,23-/m1/s1. The second-order valence-corrected chi connectivity index (χ2v) is 8.48. The Balaban J connectivity index is 1.29. The fraction of sp³-hybridized carbons (Fsp3) is 0.542. The molecule has 2 fully saturated rings. The Labute approximate surface area is 178 Å². The van der Waals surface area contributed by atoms with E-state index < -0.39 is 0 Å². The van der Waals surface area contributed by atoms with Gasteiger partial charge in [0.25, 0.3) is 0 Å². The van der Waals surface area contributed by atoms with E-state index in [9.17, 15) is 4.79 Å². The monoisotopic (exact) mass is 406 g/mol. The molecule has 2 aromatic rings. The van der Waals surface area contributed by atoms with Crippen LogP contribution in [0.4, 0.5) is 0 Å². The van der Waals surface area contributed by atoms with Crippen molar-refractivity contribution in [2.24, 2.45) is 5.92 Å². The molecule has 158 valence electrons. The lowest BCUT2D eigenvalue weighted by Gasteiger charge is -2.25. The van der Waals surface area contributed by atoms with E-state index in [0.29, 0.717) is 5.69 Å². The molecule has 2 saturated heterocycles.